The van der Waals surface area contributed by atoms with E-state index in [4.69, 9.17) is 16.0 Å². The molecule has 1 saturated heterocycles. The molecule has 3 amide bonds. The van der Waals surface area contributed by atoms with E-state index in [0.29, 0.717) is 22.7 Å². The molecule has 2 aliphatic rings. The first kappa shape index (κ1) is 15.7. The highest BCUT2D eigenvalue weighted by molar-refractivity contribution is 6.31. The molecular formula is C17H14ClN3O4. The predicted molar refractivity (Wildman–Crippen MR) is 89.5 cm³/mol. The standard InChI is InChI=1S/C17H14ClN3O4/c18-9-3-4-11-12(6-9)20-15(22)13-7-10(8-21(13)17(11)24)19-16(23)14-2-1-5-25-14/h1-6,10,13H,7-8H2,(H,19,23)(H,20,22)/t10-,13-/m0/s1. The van der Waals surface area contributed by atoms with Crippen molar-refractivity contribution in [2.24, 2.45) is 0 Å². The van der Waals surface area contributed by atoms with Crippen LogP contribution in [-0.2, 0) is 4.79 Å². The average Bonchev–Trinajstić information content (AvgIpc) is 3.22. The normalized spacial score (nSPS) is 22.0. The van der Waals surface area contributed by atoms with Crippen LogP contribution >= 0.6 is 11.6 Å². The Morgan fingerprint density at radius 1 is 1.32 bits per heavy atom. The minimum Gasteiger partial charge on any atom is -0.459 e. The van der Waals surface area contributed by atoms with Crippen LogP contribution in [0.2, 0.25) is 5.02 Å². The van der Waals surface area contributed by atoms with Crippen LogP contribution in [0.5, 0.6) is 0 Å². The first-order valence-corrected chi connectivity index (χ1v) is 8.16. The fraction of sp³-hybridized carbons (Fsp3) is 0.235. The minimum absolute atomic E-state index is 0.192. The van der Waals surface area contributed by atoms with Crippen molar-refractivity contribution in [1.29, 1.82) is 0 Å². The van der Waals surface area contributed by atoms with Crippen molar-refractivity contribution in [1.82, 2.24) is 10.2 Å². The summed E-state index contributed by atoms with van der Waals surface area (Å²) in [4.78, 5) is 38.9. The molecule has 1 aromatic heterocycles. The summed E-state index contributed by atoms with van der Waals surface area (Å²) in [7, 11) is 0. The molecule has 1 fully saturated rings. The van der Waals surface area contributed by atoms with Gasteiger partial charge in [-0.2, -0.15) is 0 Å². The SMILES string of the molecule is O=C(N[C@H]1C[C@H]2C(=O)Nc3cc(Cl)ccc3C(=O)N2C1)c1ccco1. The molecule has 0 spiro atoms. The molecule has 2 aromatic rings. The second-order valence-electron chi connectivity index (χ2n) is 6.04. The van der Waals surface area contributed by atoms with E-state index in [1.54, 1.807) is 30.3 Å². The zero-order valence-electron chi connectivity index (χ0n) is 13.0. The molecule has 128 valence electrons. The van der Waals surface area contributed by atoms with Gasteiger partial charge in [-0.05, 0) is 36.8 Å². The molecule has 0 saturated carbocycles. The van der Waals surface area contributed by atoms with E-state index in [0.717, 1.165) is 0 Å². The fourth-order valence-electron chi connectivity index (χ4n) is 3.25. The van der Waals surface area contributed by atoms with E-state index < -0.39 is 6.04 Å². The summed E-state index contributed by atoms with van der Waals surface area (Å²) in [6.45, 7) is 0.255. The number of hydrogen-bond donors (Lipinski definition) is 2. The van der Waals surface area contributed by atoms with Gasteiger partial charge in [-0.3, -0.25) is 14.4 Å². The van der Waals surface area contributed by atoms with Crippen LogP contribution in [0.1, 0.15) is 27.3 Å². The maximum atomic E-state index is 12.8. The second-order valence-corrected chi connectivity index (χ2v) is 6.47. The molecule has 1 aromatic carbocycles. The summed E-state index contributed by atoms with van der Waals surface area (Å²) in [5.41, 5.74) is 0.798. The summed E-state index contributed by atoms with van der Waals surface area (Å²) in [6, 6.07) is 6.97. The molecule has 0 aliphatic carbocycles. The van der Waals surface area contributed by atoms with E-state index >= 15 is 0 Å². The monoisotopic (exact) mass is 359 g/mol. The highest BCUT2D eigenvalue weighted by Crippen LogP contribution is 2.30. The fourth-order valence-corrected chi connectivity index (χ4v) is 3.43. The lowest BCUT2D eigenvalue weighted by Gasteiger charge is -2.20. The molecule has 2 atom stereocenters. The summed E-state index contributed by atoms with van der Waals surface area (Å²) in [6.07, 6.45) is 1.75. The highest BCUT2D eigenvalue weighted by atomic mass is 35.5. The molecule has 7 nitrogen and oxygen atoms in total. The van der Waals surface area contributed by atoms with Gasteiger partial charge in [-0.25, -0.2) is 0 Å². The number of nitrogens with zero attached hydrogens (tertiary/aromatic N) is 1. The van der Waals surface area contributed by atoms with E-state index in [1.165, 1.54) is 11.2 Å². The third-order valence-corrected chi connectivity index (χ3v) is 4.65. The zero-order chi connectivity index (χ0) is 17.6. The lowest BCUT2D eigenvalue weighted by Crippen LogP contribution is -2.41. The quantitative estimate of drug-likeness (QED) is 0.856. The van der Waals surface area contributed by atoms with Crippen LogP contribution in [0, 0.1) is 0 Å². The maximum Gasteiger partial charge on any atom is 0.287 e. The van der Waals surface area contributed by atoms with Crippen molar-refractivity contribution in [3.8, 4) is 0 Å². The Kier molecular flexibility index (Phi) is 3.73. The van der Waals surface area contributed by atoms with Gasteiger partial charge in [0.1, 0.15) is 6.04 Å². The first-order valence-electron chi connectivity index (χ1n) is 7.78. The maximum absolute atomic E-state index is 12.8. The van der Waals surface area contributed by atoms with Crippen LogP contribution in [0.3, 0.4) is 0 Å². The van der Waals surface area contributed by atoms with E-state index in [9.17, 15) is 14.4 Å². The van der Waals surface area contributed by atoms with Crippen LogP contribution < -0.4 is 10.6 Å². The Morgan fingerprint density at radius 3 is 2.92 bits per heavy atom. The average molecular weight is 360 g/mol. The number of carbonyl (C=O) groups is 3. The lowest BCUT2D eigenvalue weighted by atomic mass is 10.1. The third-order valence-electron chi connectivity index (χ3n) is 4.41. The van der Waals surface area contributed by atoms with Crippen molar-refractivity contribution in [2.45, 2.75) is 18.5 Å². The summed E-state index contributed by atoms with van der Waals surface area (Å²) >= 11 is 5.94. The van der Waals surface area contributed by atoms with Crippen molar-refractivity contribution >= 4 is 35.0 Å². The molecule has 25 heavy (non-hydrogen) atoms. The molecule has 2 N–H and O–H groups in total. The minimum atomic E-state index is -0.638. The number of furan rings is 1. The van der Waals surface area contributed by atoms with E-state index in [-0.39, 0.29) is 36.1 Å². The molecule has 4 rings (SSSR count). The van der Waals surface area contributed by atoms with Gasteiger partial charge in [-0.1, -0.05) is 11.6 Å². The largest absolute Gasteiger partial charge is 0.459 e. The van der Waals surface area contributed by atoms with Gasteiger partial charge in [0.15, 0.2) is 5.76 Å². The molecule has 2 aliphatic heterocycles. The number of carbonyl (C=O) groups excluding carboxylic acids is 3. The van der Waals surface area contributed by atoms with Gasteiger partial charge in [0, 0.05) is 17.6 Å². The smallest absolute Gasteiger partial charge is 0.287 e. The molecule has 0 bridgehead atoms. The number of rotatable bonds is 2. The number of amides is 3. The van der Waals surface area contributed by atoms with E-state index in [1.807, 2.05) is 0 Å². The predicted octanol–water partition coefficient (Wildman–Crippen LogP) is 1.90. The number of fused-ring (bicyclic) bond motifs is 2. The Hall–Kier alpha value is -2.80. The number of benzene rings is 1. The molecular weight excluding hydrogens is 346 g/mol. The van der Waals surface area contributed by atoms with E-state index in [2.05, 4.69) is 10.6 Å². The third kappa shape index (κ3) is 2.76. The van der Waals surface area contributed by atoms with Gasteiger partial charge in [0.2, 0.25) is 5.91 Å². The molecule has 0 radical (unpaired) electrons. The van der Waals surface area contributed by atoms with Crippen LogP contribution in [-0.4, -0.2) is 41.2 Å². The highest BCUT2D eigenvalue weighted by Gasteiger charge is 2.43. The molecule has 3 heterocycles. The second kappa shape index (κ2) is 5.93. The lowest BCUT2D eigenvalue weighted by molar-refractivity contribution is -0.119. The number of halogens is 1. The van der Waals surface area contributed by atoms with Crippen molar-refractivity contribution < 1.29 is 18.8 Å². The van der Waals surface area contributed by atoms with Crippen molar-refractivity contribution in [2.75, 3.05) is 11.9 Å². The van der Waals surface area contributed by atoms with Crippen molar-refractivity contribution in [3.63, 3.8) is 0 Å². The number of nitrogens with one attached hydrogen (secondary N) is 2. The number of anilines is 1. The molecule has 8 heteroatoms. The van der Waals surface area contributed by atoms with Gasteiger partial charge < -0.3 is 20.0 Å². The van der Waals surface area contributed by atoms with Crippen molar-refractivity contribution in [3.05, 3.63) is 52.9 Å². The van der Waals surface area contributed by atoms with Crippen LogP contribution in [0.4, 0.5) is 5.69 Å². The summed E-state index contributed by atoms with van der Waals surface area (Å²) in [5, 5.41) is 6.00. The van der Waals surface area contributed by atoms with Gasteiger partial charge >= 0.3 is 0 Å². The number of hydrogen-bond acceptors (Lipinski definition) is 4. The topological polar surface area (TPSA) is 91.7 Å². The summed E-state index contributed by atoms with van der Waals surface area (Å²) < 4.78 is 5.06. The first-order chi connectivity index (χ1) is 12.0. The zero-order valence-corrected chi connectivity index (χ0v) is 13.7. The Labute approximate surface area is 147 Å². The van der Waals surface area contributed by atoms with Gasteiger partial charge in [-0.15, -0.1) is 0 Å². The van der Waals surface area contributed by atoms with Gasteiger partial charge in [0.05, 0.1) is 17.5 Å². The van der Waals surface area contributed by atoms with Gasteiger partial charge in [0.25, 0.3) is 11.8 Å². The van der Waals surface area contributed by atoms with Crippen LogP contribution in [0.25, 0.3) is 0 Å². The summed E-state index contributed by atoms with van der Waals surface area (Å²) in [5.74, 6) is -0.723. The Morgan fingerprint density at radius 2 is 2.16 bits per heavy atom. The molecule has 0 unspecified atom stereocenters. The Balaban J connectivity index is 1.56. The van der Waals surface area contributed by atoms with Crippen LogP contribution in [0.15, 0.2) is 41.0 Å². The Bertz CT molecular complexity index is 865.